The molecule has 2 aromatic rings. The van der Waals surface area contributed by atoms with Gasteiger partial charge in [-0.25, -0.2) is 0 Å². The molecule has 0 atom stereocenters. The van der Waals surface area contributed by atoms with E-state index in [-0.39, 0.29) is 12.4 Å². The molecular formula is C11H12N2O2. The van der Waals surface area contributed by atoms with Crippen molar-refractivity contribution in [3.8, 4) is 0 Å². The topological polar surface area (TPSA) is 55.0 Å². The van der Waals surface area contributed by atoms with Gasteiger partial charge < -0.3 is 9.72 Å². The van der Waals surface area contributed by atoms with Gasteiger partial charge in [0.1, 0.15) is 0 Å². The number of nitrogens with zero attached hydrogens (tertiary/aromatic N) is 1. The average molecular weight is 204 g/mol. The molecule has 0 fully saturated rings. The molecule has 0 aliphatic carbocycles. The van der Waals surface area contributed by atoms with Gasteiger partial charge in [-0.3, -0.25) is 9.78 Å². The van der Waals surface area contributed by atoms with Crippen LogP contribution in [0.15, 0.2) is 24.5 Å². The summed E-state index contributed by atoms with van der Waals surface area (Å²) in [7, 11) is 0. The Balaban J connectivity index is 2.18. The van der Waals surface area contributed by atoms with E-state index in [2.05, 4.69) is 9.97 Å². The number of hydrogen-bond acceptors (Lipinski definition) is 3. The van der Waals surface area contributed by atoms with Crippen LogP contribution in [0.25, 0.3) is 10.9 Å². The van der Waals surface area contributed by atoms with Gasteiger partial charge in [0.25, 0.3) is 0 Å². The molecule has 2 aromatic heterocycles. The fourth-order valence-corrected chi connectivity index (χ4v) is 1.50. The van der Waals surface area contributed by atoms with E-state index in [1.54, 1.807) is 19.3 Å². The van der Waals surface area contributed by atoms with E-state index in [4.69, 9.17) is 4.74 Å². The van der Waals surface area contributed by atoms with Crippen LogP contribution in [0.2, 0.25) is 0 Å². The van der Waals surface area contributed by atoms with Crippen molar-refractivity contribution in [1.82, 2.24) is 9.97 Å². The van der Waals surface area contributed by atoms with Gasteiger partial charge in [-0.05, 0) is 19.1 Å². The minimum absolute atomic E-state index is 0.211. The highest BCUT2D eigenvalue weighted by Crippen LogP contribution is 2.13. The third kappa shape index (κ3) is 2.15. The number of pyridine rings is 1. The molecule has 4 heteroatoms. The summed E-state index contributed by atoms with van der Waals surface area (Å²) in [4.78, 5) is 18.3. The molecule has 78 valence electrons. The Morgan fingerprint density at radius 3 is 3.20 bits per heavy atom. The molecule has 0 bridgehead atoms. The molecule has 0 spiro atoms. The predicted molar refractivity (Wildman–Crippen MR) is 56.4 cm³/mol. The summed E-state index contributed by atoms with van der Waals surface area (Å²) in [6.45, 7) is 2.22. The number of aromatic amines is 1. The number of esters is 1. The second-order valence-corrected chi connectivity index (χ2v) is 3.24. The first-order valence-corrected chi connectivity index (χ1v) is 4.87. The Morgan fingerprint density at radius 2 is 2.47 bits per heavy atom. The lowest BCUT2D eigenvalue weighted by molar-refractivity contribution is -0.142. The van der Waals surface area contributed by atoms with Crippen molar-refractivity contribution in [2.75, 3.05) is 6.61 Å². The molecule has 0 saturated carbocycles. The number of nitrogens with one attached hydrogen (secondary N) is 1. The van der Waals surface area contributed by atoms with E-state index in [0.717, 1.165) is 16.6 Å². The first-order valence-electron chi connectivity index (χ1n) is 4.87. The van der Waals surface area contributed by atoms with Crippen molar-refractivity contribution in [2.24, 2.45) is 0 Å². The number of carbonyl (C=O) groups excluding carboxylic acids is 1. The van der Waals surface area contributed by atoms with Gasteiger partial charge in [0.05, 0.1) is 24.7 Å². The zero-order valence-corrected chi connectivity index (χ0v) is 8.49. The van der Waals surface area contributed by atoms with Crippen molar-refractivity contribution in [3.63, 3.8) is 0 Å². The van der Waals surface area contributed by atoms with Crippen LogP contribution in [0, 0.1) is 0 Å². The zero-order chi connectivity index (χ0) is 10.7. The van der Waals surface area contributed by atoms with Crippen molar-refractivity contribution in [2.45, 2.75) is 13.3 Å². The Bertz CT molecular complexity index is 443. The van der Waals surface area contributed by atoms with Crippen molar-refractivity contribution >= 4 is 16.9 Å². The number of rotatable bonds is 3. The van der Waals surface area contributed by atoms with Gasteiger partial charge in [-0.1, -0.05) is 0 Å². The molecule has 15 heavy (non-hydrogen) atoms. The maximum atomic E-state index is 11.2. The van der Waals surface area contributed by atoms with E-state index in [9.17, 15) is 4.79 Å². The molecule has 0 radical (unpaired) electrons. The minimum atomic E-state index is -0.211. The summed E-state index contributed by atoms with van der Waals surface area (Å²) in [6.07, 6.45) is 3.75. The van der Waals surface area contributed by atoms with Gasteiger partial charge >= 0.3 is 5.97 Å². The van der Waals surface area contributed by atoms with E-state index < -0.39 is 0 Å². The maximum Gasteiger partial charge on any atom is 0.311 e. The van der Waals surface area contributed by atoms with Crippen molar-refractivity contribution < 1.29 is 9.53 Å². The predicted octanol–water partition coefficient (Wildman–Crippen LogP) is 1.67. The molecular weight excluding hydrogens is 192 g/mol. The number of fused-ring (bicyclic) bond motifs is 1. The highest BCUT2D eigenvalue weighted by Gasteiger charge is 2.06. The summed E-state index contributed by atoms with van der Waals surface area (Å²) in [5.74, 6) is -0.211. The highest BCUT2D eigenvalue weighted by atomic mass is 16.5. The van der Waals surface area contributed by atoms with Crippen molar-refractivity contribution in [1.29, 1.82) is 0 Å². The second-order valence-electron chi connectivity index (χ2n) is 3.24. The summed E-state index contributed by atoms with van der Waals surface area (Å²) < 4.78 is 4.87. The van der Waals surface area contributed by atoms with Crippen LogP contribution in [0.4, 0.5) is 0 Å². The van der Waals surface area contributed by atoms with Crippen LogP contribution in [-0.2, 0) is 16.0 Å². The molecule has 2 rings (SSSR count). The molecule has 0 amide bonds. The van der Waals surface area contributed by atoms with E-state index in [1.807, 2.05) is 12.1 Å². The summed E-state index contributed by atoms with van der Waals surface area (Å²) in [5, 5.41) is 1.06. The van der Waals surface area contributed by atoms with Crippen LogP contribution in [0.5, 0.6) is 0 Å². The quantitative estimate of drug-likeness (QED) is 0.774. The Labute approximate surface area is 87.3 Å². The highest BCUT2D eigenvalue weighted by molar-refractivity contribution is 5.81. The van der Waals surface area contributed by atoms with E-state index in [0.29, 0.717) is 6.61 Å². The SMILES string of the molecule is CCOC(=O)Cc1cc2ccncc2[nH]1. The molecule has 0 aromatic carbocycles. The zero-order valence-electron chi connectivity index (χ0n) is 8.49. The molecule has 0 saturated heterocycles. The van der Waals surface area contributed by atoms with Gasteiger partial charge in [0, 0.05) is 17.3 Å². The third-order valence-corrected chi connectivity index (χ3v) is 2.12. The number of H-pyrrole nitrogens is 1. The van der Waals surface area contributed by atoms with Crippen LogP contribution in [-0.4, -0.2) is 22.5 Å². The van der Waals surface area contributed by atoms with E-state index in [1.165, 1.54) is 0 Å². The standard InChI is InChI=1S/C11H12N2O2/c1-2-15-11(14)6-9-5-8-3-4-12-7-10(8)13-9/h3-5,7,13H,2,6H2,1H3. The maximum absolute atomic E-state index is 11.2. The Hall–Kier alpha value is -1.84. The molecule has 1 N–H and O–H groups in total. The fraction of sp³-hybridized carbons (Fsp3) is 0.273. The summed E-state index contributed by atoms with van der Waals surface area (Å²) >= 11 is 0. The monoisotopic (exact) mass is 204 g/mol. The molecule has 0 unspecified atom stereocenters. The number of ether oxygens (including phenoxy) is 1. The number of carbonyl (C=O) groups is 1. The average Bonchev–Trinajstić information content (AvgIpc) is 2.59. The number of aromatic nitrogens is 2. The lowest BCUT2D eigenvalue weighted by atomic mass is 10.3. The fourth-order valence-electron chi connectivity index (χ4n) is 1.50. The molecule has 0 aliphatic heterocycles. The smallest absolute Gasteiger partial charge is 0.311 e. The molecule has 4 nitrogen and oxygen atoms in total. The Morgan fingerprint density at radius 1 is 1.60 bits per heavy atom. The van der Waals surface area contributed by atoms with E-state index >= 15 is 0 Å². The molecule has 2 heterocycles. The van der Waals surface area contributed by atoms with Gasteiger partial charge in [-0.2, -0.15) is 0 Å². The summed E-state index contributed by atoms with van der Waals surface area (Å²) in [5.41, 5.74) is 1.80. The van der Waals surface area contributed by atoms with Crippen LogP contribution >= 0.6 is 0 Å². The second kappa shape index (κ2) is 4.13. The van der Waals surface area contributed by atoms with Crippen LogP contribution < -0.4 is 0 Å². The van der Waals surface area contributed by atoms with Crippen LogP contribution in [0.1, 0.15) is 12.6 Å². The first-order chi connectivity index (χ1) is 7.29. The van der Waals surface area contributed by atoms with Gasteiger partial charge in [0.2, 0.25) is 0 Å². The lowest BCUT2D eigenvalue weighted by Gasteiger charge is -1.98. The van der Waals surface area contributed by atoms with Crippen LogP contribution in [0.3, 0.4) is 0 Å². The van der Waals surface area contributed by atoms with Crippen molar-refractivity contribution in [3.05, 3.63) is 30.2 Å². The minimum Gasteiger partial charge on any atom is -0.466 e. The number of hydrogen-bond donors (Lipinski definition) is 1. The van der Waals surface area contributed by atoms with Gasteiger partial charge in [-0.15, -0.1) is 0 Å². The third-order valence-electron chi connectivity index (χ3n) is 2.12. The lowest BCUT2D eigenvalue weighted by Crippen LogP contribution is -2.07. The largest absolute Gasteiger partial charge is 0.466 e. The van der Waals surface area contributed by atoms with Gasteiger partial charge in [0.15, 0.2) is 0 Å². The first kappa shape index (κ1) is 9.71. The Kier molecular flexibility index (Phi) is 2.67. The molecule has 0 aliphatic rings. The summed E-state index contributed by atoms with van der Waals surface area (Å²) in [6, 6.07) is 3.84. The normalized spacial score (nSPS) is 10.5.